The Morgan fingerprint density at radius 3 is 2.81 bits per heavy atom. The molecule has 1 aliphatic heterocycles. The zero-order valence-electron chi connectivity index (χ0n) is 13.1. The molecule has 122 valence electrons. The molecule has 0 aromatic heterocycles. The zero-order chi connectivity index (χ0) is 15.7. The van der Waals surface area contributed by atoms with E-state index in [1.54, 1.807) is 11.9 Å². The highest BCUT2D eigenvalue weighted by Crippen LogP contribution is 2.14. The standard InChI is InChI=1S/C15H28N2O4/c1-12(5-6-14(18)19)7-8-16-15(20)17(2)10-13-4-3-9-21-11-13/h12-13H,3-11H2,1-2H3,(H,16,20)(H,18,19). The van der Waals surface area contributed by atoms with Gasteiger partial charge in [-0.2, -0.15) is 0 Å². The molecule has 0 saturated carbocycles. The highest BCUT2D eigenvalue weighted by atomic mass is 16.5. The van der Waals surface area contributed by atoms with Crippen molar-refractivity contribution in [1.29, 1.82) is 0 Å². The van der Waals surface area contributed by atoms with Crippen molar-refractivity contribution in [2.75, 3.05) is 33.4 Å². The number of nitrogens with zero attached hydrogens (tertiary/aromatic N) is 1. The molecule has 0 aliphatic carbocycles. The van der Waals surface area contributed by atoms with Crippen LogP contribution in [0.3, 0.4) is 0 Å². The van der Waals surface area contributed by atoms with Gasteiger partial charge in [-0.05, 0) is 31.6 Å². The second kappa shape index (κ2) is 9.60. The maximum atomic E-state index is 11.9. The summed E-state index contributed by atoms with van der Waals surface area (Å²) in [5.41, 5.74) is 0. The number of hydrogen-bond donors (Lipinski definition) is 2. The number of carboxylic acid groups (broad SMARTS) is 1. The molecule has 1 heterocycles. The molecule has 1 rings (SSSR count). The van der Waals surface area contributed by atoms with Gasteiger partial charge in [0.15, 0.2) is 0 Å². The van der Waals surface area contributed by atoms with Crippen LogP contribution in [-0.4, -0.2) is 55.4 Å². The molecule has 0 radical (unpaired) electrons. The predicted molar refractivity (Wildman–Crippen MR) is 80.2 cm³/mol. The highest BCUT2D eigenvalue weighted by molar-refractivity contribution is 5.73. The molecule has 0 spiro atoms. The topological polar surface area (TPSA) is 78.9 Å². The number of carbonyl (C=O) groups is 2. The minimum Gasteiger partial charge on any atom is -0.481 e. The van der Waals surface area contributed by atoms with E-state index in [1.165, 1.54) is 0 Å². The summed E-state index contributed by atoms with van der Waals surface area (Å²) in [7, 11) is 1.80. The lowest BCUT2D eigenvalue weighted by Gasteiger charge is -2.27. The van der Waals surface area contributed by atoms with Crippen molar-refractivity contribution in [3.05, 3.63) is 0 Å². The van der Waals surface area contributed by atoms with Crippen molar-refractivity contribution >= 4 is 12.0 Å². The molecule has 6 heteroatoms. The molecule has 2 unspecified atom stereocenters. The third-order valence-corrected chi connectivity index (χ3v) is 3.90. The van der Waals surface area contributed by atoms with Gasteiger partial charge in [0.1, 0.15) is 0 Å². The molecule has 0 bridgehead atoms. The summed E-state index contributed by atoms with van der Waals surface area (Å²) < 4.78 is 5.42. The van der Waals surface area contributed by atoms with Crippen molar-refractivity contribution < 1.29 is 19.4 Å². The van der Waals surface area contributed by atoms with Gasteiger partial charge >= 0.3 is 12.0 Å². The van der Waals surface area contributed by atoms with E-state index in [0.717, 1.165) is 39.0 Å². The van der Waals surface area contributed by atoms with Crippen molar-refractivity contribution in [2.24, 2.45) is 11.8 Å². The summed E-state index contributed by atoms with van der Waals surface area (Å²) >= 11 is 0. The van der Waals surface area contributed by atoms with Crippen molar-refractivity contribution in [3.63, 3.8) is 0 Å². The van der Waals surface area contributed by atoms with Crippen molar-refractivity contribution in [1.82, 2.24) is 10.2 Å². The van der Waals surface area contributed by atoms with Crippen LogP contribution in [0, 0.1) is 11.8 Å². The van der Waals surface area contributed by atoms with E-state index < -0.39 is 5.97 Å². The normalized spacial score (nSPS) is 19.8. The van der Waals surface area contributed by atoms with Crippen LogP contribution in [0.5, 0.6) is 0 Å². The summed E-state index contributed by atoms with van der Waals surface area (Å²) in [5, 5.41) is 11.5. The average Bonchev–Trinajstić information content (AvgIpc) is 2.46. The van der Waals surface area contributed by atoms with E-state index in [2.05, 4.69) is 5.32 Å². The first-order chi connectivity index (χ1) is 9.99. The van der Waals surface area contributed by atoms with Crippen molar-refractivity contribution in [3.8, 4) is 0 Å². The van der Waals surface area contributed by atoms with Gasteiger partial charge < -0.3 is 20.1 Å². The maximum Gasteiger partial charge on any atom is 0.317 e. The monoisotopic (exact) mass is 300 g/mol. The van der Waals surface area contributed by atoms with Gasteiger partial charge in [-0.1, -0.05) is 6.92 Å². The first-order valence-electron chi connectivity index (χ1n) is 7.77. The highest BCUT2D eigenvalue weighted by Gasteiger charge is 2.18. The summed E-state index contributed by atoms with van der Waals surface area (Å²) in [6.07, 6.45) is 3.83. The Morgan fingerprint density at radius 1 is 1.43 bits per heavy atom. The van der Waals surface area contributed by atoms with Crippen LogP contribution in [0.2, 0.25) is 0 Å². The molecule has 2 atom stereocenters. The van der Waals surface area contributed by atoms with E-state index in [1.807, 2.05) is 6.92 Å². The molecule has 2 amide bonds. The molecular weight excluding hydrogens is 272 g/mol. The molecular formula is C15H28N2O4. The summed E-state index contributed by atoms with van der Waals surface area (Å²) in [5.74, 6) is -0.0252. The van der Waals surface area contributed by atoms with E-state index in [9.17, 15) is 9.59 Å². The number of aliphatic carboxylic acids is 1. The third-order valence-electron chi connectivity index (χ3n) is 3.90. The number of hydrogen-bond acceptors (Lipinski definition) is 3. The van der Waals surface area contributed by atoms with E-state index >= 15 is 0 Å². The maximum absolute atomic E-state index is 11.9. The first-order valence-corrected chi connectivity index (χ1v) is 7.77. The Morgan fingerprint density at radius 2 is 2.19 bits per heavy atom. The van der Waals surface area contributed by atoms with Crippen LogP contribution in [0.25, 0.3) is 0 Å². The van der Waals surface area contributed by atoms with Crippen LogP contribution in [0.15, 0.2) is 0 Å². The number of rotatable bonds is 8. The fourth-order valence-corrected chi connectivity index (χ4v) is 2.50. The fraction of sp³-hybridized carbons (Fsp3) is 0.867. The van der Waals surface area contributed by atoms with E-state index in [0.29, 0.717) is 24.8 Å². The SMILES string of the molecule is CC(CCNC(=O)N(C)CC1CCCOC1)CCC(=O)O. The number of urea groups is 1. The largest absolute Gasteiger partial charge is 0.481 e. The molecule has 0 aromatic rings. The molecule has 21 heavy (non-hydrogen) atoms. The third kappa shape index (κ3) is 7.90. The molecule has 1 saturated heterocycles. The predicted octanol–water partition coefficient (Wildman–Crippen LogP) is 1.95. The van der Waals surface area contributed by atoms with Crippen molar-refractivity contribution in [2.45, 2.75) is 39.0 Å². The Hall–Kier alpha value is -1.30. The van der Waals surface area contributed by atoms with Gasteiger partial charge in [0.2, 0.25) is 0 Å². The van der Waals surface area contributed by atoms with E-state index in [-0.39, 0.29) is 12.5 Å². The minimum atomic E-state index is -0.764. The zero-order valence-corrected chi connectivity index (χ0v) is 13.1. The Kier molecular flexibility index (Phi) is 8.12. The number of nitrogens with one attached hydrogen (secondary N) is 1. The fourth-order valence-electron chi connectivity index (χ4n) is 2.50. The average molecular weight is 300 g/mol. The number of amides is 2. The smallest absolute Gasteiger partial charge is 0.317 e. The van der Waals surface area contributed by atoms with Crippen LogP contribution < -0.4 is 5.32 Å². The van der Waals surface area contributed by atoms with Crippen LogP contribution in [-0.2, 0) is 9.53 Å². The Labute approximate surface area is 126 Å². The number of ether oxygens (including phenoxy) is 1. The van der Waals surface area contributed by atoms with Gasteiger partial charge in [-0.3, -0.25) is 4.79 Å². The van der Waals surface area contributed by atoms with Gasteiger partial charge in [0.25, 0.3) is 0 Å². The molecule has 2 N–H and O–H groups in total. The molecule has 1 aliphatic rings. The second-order valence-electron chi connectivity index (χ2n) is 6.02. The van der Waals surface area contributed by atoms with Gasteiger partial charge in [0.05, 0.1) is 6.61 Å². The summed E-state index contributed by atoms with van der Waals surface area (Å²) in [6.45, 7) is 4.90. The van der Waals surface area contributed by atoms with Gasteiger partial charge in [-0.15, -0.1) is 0 Å². The summed E-state index contributed by atoms with van der Waals surface area (Å²) in [6, 6.07) is -0.0639. The van der Waals surface area contributed by atoms with Crippen LogP contribution in [0.1, 0.15) is 39.0 Å². The Balaban J connectivity index is 2.12. The lowest BCUT2D eigenvalue weighted by Crippen LogP contribution is -2.41. The molecule has 1 fully saturated rings. The minimum absolute atomic E-state index is 0.0639. The van der Waals surface area contributed by atoms with Gasteiger partial charge in [-0.25, -0.2) is 4.79 Å². The second-order valence-corrected chi connectivity index (χ2v) is 6.02. The number of carbonyl (C=O) groups excluding carboxylic acids is 1. The van der Waals surface area contributed by atoms with Crippen LogP contribution in [0.4, 0.5) is 4.79 Å². The molecule has 6 nitrogen and oxygen atoms in total. The quantitative estimate of drug-likeness (QED) is 0.718. The Bertz CT molecular complexity index is 330. The summed E-state index contributed by atoms with van der Waals surface area (Å²) in [4.78, 5) is 24.1. The van der Waals surface area contributed by atoms with Crippen LogP contribution >= 0.6 is 0 Å². The van der Waals surface area contributed by atoms with Gasteiger partial charge in [0, 0.05) is 39.1 Å². The lowest BCUT2D eigenvalue weighted by atomic mass is 10.0. The molecule has 0 aromatic carbocycles. The number of carboxylic acids is 1. The lowest BCUT2D eigenvalue weighted by molar-refractivity contribution is -0.137. The first kappa shape index (κ1) is 17.8. The van der Waals surface area contributed by atoms with E-state index in [4.69, 9.17) is 9.84 Å².